The van der Waals surface area contributed by atoms with E-state index in [1.54, 1.807) is 6.92 Å². The lowest BCUT2D eigenvalue weighted by Crippen LogP contribution is -2.26. The van der Waals surface area contributed by atoms with Crippen molar-refractivity contribution >= 4 is 12.4 Å². The van der Waals surface area contributed by atoms with Gasteiger partial charge in [0.15, 0.2) is 18.5 Å². The van der Waals surface area contributed by atoms with Gasteiger partial charge in [-0.15, -0.1) is 0 Å². The minimum Gasteiger partial charge on any atom is -0.473 e. The normalized spacial score (nSPS) is 22.2. The Bertz CT molecular complexity index is 433. The minimum atomic E-state index is -0.748. The average Bonchev–Trinajstić information content (AvgIpc) is 2.79. The van der Waals surface area contributed by atoms with Crippen molar-refractivity contribution in [3.8, 4) is 0 Å². The van der Waals surface area contributed by atoms with Gasteiger partial charge in [-0.1, -0.05) is 0 Å². The SMILES string of the molecule is CCOC(=O)[C@H]1N=CO[C@@H]1c1ccc(F)nc1. The molecule has 2 rings (SSSR count). The molecule has 0 unspecified atom stereocenters. The lowest BCUT2D eigenvalue weighted by Gasteiger charge is -2.15. The Balaban J connectivity index is 2.15. The van der Waals surface area contributed by atoms with Crippen LogP contribution in [0.5, 0.6) is 0 Å². The molecule has 0 spiro atoms. The molecule has 2 atom stereocenters. The number of esters is 1. The highest BCUT2D eigenvalue weighted by atomic mass is 19.1. The fourth-order valence-corrected chi connectivity index (χ4v) is 1.55. The number of hydrogen-bond donors (Lipinski definition) is 0. The van der Waals surface area contributed by atoms with Gasteiger partial charge in [-0.2, -0.15) is 4.39 Å². The number of aromatic nitrogens is 1. The van der Waals surface area contributed by atoms with E-state index >= 15 is 0 Å². The molecule has 1 aromatic heterocycles. The van der Waals surface area contributed by atoms with Gasteiger partial charge in [0.25, 0.3) is 0 Å². The molecule has 0 amide bonds. The summed E-state index contributed by atoms with van der Waals surface area (Å²) in [5, 5.41) is 0. The van der Waals surface area contributed by atoms with Crippen LogP contribution in [0.3, 0.4) is 0 Å². The standard InChI is InChI=1S/C11H11FN2O3/c1-2-16-11(15)9-10(17-6-14-9)7-3-4-8(12)13-5-7/h3-6,9-10H,2H2,1H3/t9-,10+/m0/s1. The number of carbonyl (C=O) groups excluding carboxylic acids is 1. The second-order valence-corrected chi connectivity index (χ2v) is 3.42. The van der Waals surface area contributed by atoms with Gasteiger partial charge < -0.3 is 9.47 Å². The largest absolute Gasteiger partial charge is 0.473 e. The average molecular weight is 238 g/mol. The van der Waals surface area contributed by atoms with Crippen LogP contribution < -0.4 is 0 Å². The summed E-state index contributed by atoms with van der Waals surface area (Å²) in [4.78, 5) is 19.0. The molecule has 0 fully saturated rings. The molecule has 0 bridgehead atoms. The molecule has 1 aliphatic heterocycles. The van der Waals surface area contributed by atoms with Crippen LogP contribution in [0.4, 0.5) is 4.39 Å². The predicted molar refractivity (Wildman–Crippen MR) is 56.9 cm³/mol. The van der Waals surface area contributed by atoms with Crippen molar-refractivity contribution in [2.75, 3.05) is 6.61 Å². The number of nitrogens with zero attached hydrogens (tertiary/aromatic N) is 2. The smallest absolute Gasteiger partial charge is 0.335 e. The highest BCUT2D eigenvalue weighted by molar-refractivity contribution is 5.80. The summed E-state index contributed by atoms with van der Waals surface area (Å²) in [7, 11) is 0. The number of aliphatic imine (C=N–C) groups is 1. The number of halogens is 1. The molecule has 0 aromatic carbocycles. The summed E-state index contributed by atoms with van der Waals surface area (Å²) in [6, 6.07) is 1.97. The van der Waals surface area contributed by atoms with Crippen LogP contribution in [0.25, 0.3) is 0 Å². The van der Waals surface area contributed by atoms with Gasteiger partial charge >= 0.3 is 5.97 Å². The van der Waals surface area contributed by atoms with Crippen molar-refractivity contribution < 1.29 is 18.7 Å². The third-order valence-electron chi connectivity index (χ3n) is 2.32. The zero-order valence-corrected chi connectivity index (χ0v) is 9.17. The minimum absolute atomic E-state index is 0.277. The maximum atomic E-state index is 12.7. The van der Waals surface area contributed by atoms with Gasteiger partial charge in [-0.05, 0) is 19.1 Å². The summed E-state index contributed by atoms with van der Waals surface area (Å²) < 4.78 is 22.8. The van der Waals surface area contributed by atoms with E-state index in [4.69, 9.17) is 9.47 Å². The van der Waals surface area contributed by atoms with Crippen molar-refractivity contribution in [2.24, 2.45) is 4.99 Å². The lowest BCUT2D eigenvalue weighted by atomic mass is 10.1. The maximum Gasteiger partial charge on any atom is 0.335 e. The van der Waals surface area contributed by atoms with Crippen LogP contribution in [0, 0.1) is 5.95 Å². The van der Waals surface area contributed by atoms with Crippen LogP contribution in [0.2, 0.25) is 0 Å². The summed E-state index contributed by atoms with van der Waals surface area (Å²) >= 11 is 0. The van der Waals surface area contributed by atoms with Gasteiger partial charge in [0.05, 0.1) is 6.61 Å². The molecule has 6 heteroatoms. The van der Waals surface area contributed by atoms with Crippen LogP contribution in [0.1, 0.15) is 18.6 Å². The van der Waals surface area contributed by atoms with Crippen LogP contribution in [0.15, 0.2) is 23.3 Å². The Labute approximate surface area is 97.3 Å². The molecule has 1 aromatic rings. The van der Waals surface area contributed by atoms with Crippen molar-refractivity contribution in [2.45, 2.75) is 19.1 Å². The van der Waals surface area contributed by atoms with E-state index in [9.17, 15) is 9.18 Å². The van der Waals surface area contributed by atoms with E-state index in [0.717, 1.165) is 0 Å². The number of hydrogen-bond acceptors (Lipinski definition) is 5. The van der Waals surface area contributed by atoms with Crippen molar-refractivity contribution in [3.05, 3.63) is 29.8 Å². The molecular formula is C11H11FN2O3. The first kappa shape index (κ1) is 11.5. The van der Waals surface area contributed by atoms with Gasteiger partial charge in [0.2, 0.25) is 5.95 Å². The highest BCUT2D eigenvalue weighted by Crippen LogP contribution is 2.27. The van der Waals surface area contributed by atoms with E-state index < -0.39 is 24.1 Å². The molecule has 90 valence electrons. The first-order valence-electron chi connectivity index (χ1n) is 5.17. The topological polar surface area (TPSA) is 60.8 Å². The van der Waals surface area contributed by atoms with Gasteiger partial charge in [-0.3, -0.25) is 0 Å². The molecular weight excluding hydrogens is 227 g/mol. The maximum absolute atomic E-state index is 12.7. The first-order chi connectivity index (χ1) is 8.22. The second kappa shape index (κ2) is 4.90. The van der Waals surface area contributed by atoms with Crippen molar-refractivity contribution in [1.82, 2.24) is 4.98 Å². The van der Waals surface area contributed by atoms with Gasteiger partial charge in [0.1, 0.15) is 0 Å². The monoisotopic (exact) mass is 238 g/mol. The third kappa shape index (κ3) is 2.41. The summed E-state index contributed by atoms with van der Waals surface area (Å²) in [5.41, 5.74) is 0.585. The van der Waals surface area contributed by atoms with Gasteiger partial charge in [-0.25, -0.2) is 14.8 Å². The number of ether oxygens (including phenoxy) is 2. The molecule has 0 N–H and O–H groups in total. The predicted octanol–water partition coefficient (Wildman–Crippen LogP) is 1.25. The van der Waals surface area contributed by atoms with E-state index in [0.29, 0.717) is 5.56 Å². The molecule has 0 saturated heterocycles. The Kier molecular flexibility index (Phi) is 3.32. The molecule has 0 saturated carbocycles. The Hall–Kier alpha value is -1.98. The molecule has 0 radical (unpaired) electrons. The zero-order chi connectivity index (χ0) is 12.3. The van der Waals surface area contributed by atoms with E-state index in [2.05, 4.69) is 9.98 Å². The Morgan fingerprint density at radius 2 is 2.41 bits per heavy atom. The first-order valence-corrected chi connectivity index (χ1v) is 5.17. The Morgan fingerprint density at radius 3 is 3.06 bits per heavy atom. The highest BCUT2D eigenvalue weighted by Gasteiger charge is 2.35. The molecule has 0 aliphatic carbocycles. The molecule has 17 heavy (non-hydrogen) atoms. The number of carbonyl (C=O) groups is 1. The molecule has 5 nitrogen and oxygen atoms in total. The fraction of sp³-hybridized carbons (Fsp3) is 0.364. The van der Waals surface area contributed by atoms with Crippen LogP contribution in [-0.2, 0) is 14.3 Å². The fourth-order valence-electron chi connectivity index (χ4n) is 1.55. The van der Waals surface area contributed by atoms with Crippen LogP contribution >= 0.6 is 0 Å². The van der Waals surface area contributed by atoms with Gasteiger partial charge in [0, 0.05) is 11.8 Å². The number of pyridine rings is 1. The summed E-state index contributed by atoms with van der Waals surface area (Å²) in [5.74, 6) is -1.05. The van der Waals surface area contributed by atoms with E-state index in [1.807, 2.05) is 0 Å². The van der Waals surface area contributed by atoms with E-state index in [1.165, 1.54) is 24.7 Å². The second-order valence-electron chi connectivity index (χ2n) is 3.42. The number of rotatable bonds is 3. The summed E-state index contributed by atoms with van der Waals surface area (Å²) in [6.07, 6.45) is 1.93. The third-order valence-corrected chi connectivity index (χ3v) is 2.32. The van der Waals surface area contributed by atoms with Crippen molar-refractivity contribution in [1.29, 1.82) is 0 Å². The molecule has 2 heterocycles. The lowest BCUT2D eigenvalue weighted by molar-refractivity contribution is -0.146. The van der Waals surface area contributed by atoms with Crippen LogP contribution in [-0.4, -0.2) is 30.0 Å². The van der Waals surface area contributed by atoms with E-state index in [-0.39, 0.29) is 6.61 Å². The summed E-state index contributed by atoms with van der Waals surface area (Å²) in [6.45, 7) is 1.99. The zero-order valence-electron chi connectivity index (χ0n) is 9.17. The molecule has 1 aliphatic rings. The van der Waals surface area contributed by atoms with Crippen molar-refractivity contribution in [3.63, 3.8) is 0 Å². The quantitative estimate of drug-likeness (QED) is 0.587. The Morgan fingerprint density at radius 1 is 1.59 bits per heavy atom.